The van der Waals surface area contributed by atoms with Gasteiger partial charge in [-0.3, -0.25) is 19.3 Å². The number of amides is 3. The van der Waals surface area contributed by atoms with Crippen molar-refractivity contribution in [2.45, 2.75) is 25.0 Å². The number of benzene rings is 2. The molecule has 10 nitrogen and oxygen atoms in total. The fourth-order valence-electron chi connectivity index (χ4n) is 4.36. The van der Waals surface area contributed by atoms with Gasteiger partial charge in [-0.15, -0.1) is 0 Å². The molecule has 1 saturated heterocycles. The molecule has 1 fully saturated rings. The first-order valence-corrected chi connectivity index (χ1v) is 12.8. The van der Waals surface area contributed by atoms with Crippen LogP contribution in [0, 0.1) is 0 Å². The first-order chi connectivity index (χ1) is 18.9. The van der Waals surface area contributed by atoms with Crippen LogP contribution in [0.2, 0.25) is 5.02 Å². The predicted octanol–water partition coefficient (Wildman–Crippen LogP) is 3.75. The lowest BCUT2D eigenvalue weighted by Gasteiger charge is -2.32. The van der Waals surface area contributed by atoms with E-state index in [0.717, 1.165) is 12.8 Å². The Hall–Kier alpha value is -4.02. The molecule has 2 atom stereocenters. The number of hydrogen-bond acceptors (Lipinski definition) is 7. The van der Waals surface area contributed by atoms with E-state index in [0.29, 0.717) is 34.4 Å². The average molecular weight is 556 g/mol. The molecule has 0 bridgehead atoms. The molecule has 4 rings (SSSR count). The second-order valence-corrected chi connectivity index (χ2v) is 9.24. The van der Waals surface area contributed by atoms with Gasteiger partial charge in [-0.1, -0.05) is 23.7 Å². The molecule has 2 unspecified atom stereocenters. The summed E-state index contributed by atoms with van der Waals surface area (Å²) in [4.78, 5) is 41.4. The highest BCUT2D eigenvalue weighted by atomic mass is 35.5. The van der Waals surface area contributed by atoms with Gasteiger partial charge in [-0.2, -0.15) is 0 Å². The summed E-state index contributed by atoms with van der Waals surface area (Å²) in [7, 11) is 2.99. The lowest BCUT2D eigenvalue weighted by molar-refractivity contribution is -0.126. The van der Waals surface area contributed by atoms with Crippen LogP contribution in [0.15, 0.2) is 65.3 Å². The summed E-state index contributed by atoms with van der Waals surface area (Å²) in [6.07, 6.45) is 3.00. The number of nitrogens with one attached hydrogen (secondary N) is 2. The van der Waals surface area contributed by atoms with Gasteiger partial charge in [0.05, 0.1) is 33.1 Å². The summed E-state index contributed by atoms with van der Waals surface area (Å²) in [5.74, 6) is -0.650. The molecule has 0 spiro atoms. The van der Waals surface area contributed by atoms with Gasteiger partial charge in [0, 0.05) is 23.9 Å². The number of carbonyl (C=O) groups excluding carboxylic acids is 3. The van der Waals surface area contributed by atoms with Gasteiger partial charge in [0.15, 0.2) is 17.3 Å². The Morgan fingerprint density at radius 2 is 1.87 bits per heavy atom. The van der Waals surface area contributed by atoms with Crippen molar-refractivity contribution < 1.29 is 33.0 Å². The van der Waals surface area contributed by atoms with Crippen LogP contribution in [0.1, 0.15) is 35.0 Å². The van der Waals surface area contributed by atoms with Gasteiger partial charge in [0.25, 0.3) is 5.91 Å². The van der Waals surface area contributed by atoms with Crippen molar-refractivity contribution in [2.24, 2.45) is 0 Å². The monoisotopic (exact) mass is 555 g/mol. The van der Waals surface area contributed by atoms with Crippen LogP contribution in [-0.4, -0.2) is 57.7 Å². The maximum absolute atomic E-state index is 13.8. The third kappa shape index (κ3) is 6.90. The average Bonchev–Trinajstić information content (AvgIpc) is 3.68. The van der Waals surface area contributed by atoms with E-state index in [1.165, 1.54) is 31.4 Å². The molecule has 1 aliphatic heterocycles. The fourth-order valence-corrected chi connectivity index (χ4v) is 4.54. The second-order valence-electron chi connectivity index (χ2n) is 8.80. The zero-order valence-corrected chi connectivity index (χ0v) is 22.4. The third-order valence-corrected chi connectivity index (χ3v) is 6.49. The van der Waals surface area contributed by atoms with Crippen LogP contribution in [0.4, 0.5) is 5.69 Å². The minimum absolute atomic E-state index is 0.0582. The quantitative estimate of drug-likeness (QED) is 0.370. The molecule has 206 valence electrons. The Balaban J connectivity index is 1.71. The van der Waals surface area contributed by atoms with Gasteiger partial charge in [0.1, 0.15) is 6.04 Å². The minimum atomic E-state index is -1.14. The Labute approximate surface area is 231 Å². The largest absolute Gasteiger partial charge is 0.493 e. The summed E-state index contributed by atoms with van der Waals surface area (Å²) in [6, 6.07) is 13.5. The Morgan fingerprint density at radius 3 is 2.54 bits per heavy atom. The summed E-state index contributed by atoms with van der Waals surface area (Å²) >= 11 is 6.28. The smallest absolute Gasteiger partial charge is 0.287 e. The van der Waals surface area contributed by atoms with Crippen molar-refractivity contribution in [2.75, 3.05) is 38.8 Å². The summed E-state index contributed by atoms with van der Waals surface area (Å²) in [5.41, 5.74) is 0.829. The maximum atomic E-state index is 13.8. The number of anilines is 1. The van der Waals surface area contributed by atoms with E-state index in [2.05, 4.69) is 10.6 Å². The number of hydrogen-bond donors (Lipinski definition) is 2. The van der Waals surface area contributed by atoms with Gasteiger partial charge in [-0.05, 0) is 60.9 Å². The molecule has 39 heavy (non-hydrogen) atoms. The molecule has 1 aromatic heterocycles. The Kier molecular flexibility index (Phi) is 9.45. The normalized spacial score (nSPS) is 15.3. The van der Waals surface area contributed by atoms with Gasteiger partial charge >= 0.3 is 0 Å². The van der Waals surface area contributed by atoms with Crippen molar-refractivity contribution >= 4 is 35.0 Å². The van der Waals surface area contributed by atoms with Crippen LogP contribution in [0.3, 0.4) is 0 Å². The summed E-state index contributed by atoms with van der Waals surface area (Å²) in [5, 5.41) is 5.86. The van der Waals surface area contributed by atoms with Crippen LogP contribution >= 0.6 is 11.6 Å². The predicted molar refractivity (Wildman–Crippen MR) is 144 cm³/mol. The molecular weight excluding hydrogens is 526 g/mol. The van der Waals surface area contributed by atoms with Crippen molar-refractivity contribution in [3.8, 4) is 11.5 Å². The van der Waals surface area contributed by atoms with Crippen molar-refractivity contribution in [1.29, 1.82) is 0 Å². The maximum Gasteiger partial charge on any atom is 0.287 e. The first-order valence-electron chi connectivity index (χ1n) is 12.4. The highest BCUT2D eigenvalue weighted by molar-refractivity contribution is 6.31. The van der Waals surface area contributed by atoms with E-state index in [-0.39, 0.29) is 18.4 Å². The second kappa shape index (κ2) is 13.2. The first kappa shape index (κ1) is 28.0. The number of halogens is 1. The highest BCUT2D eigenvalue weighted by Crippen LogP contribution is 2.35. The molecule has 0 saturated carbocycles. The topological polar surface area (TPSA) is 119 Å². The lowest BCUT2D eigenvalue weighted by atomic mass is 10.0. The standard InChI is InChI=1S/C28H30ClN3O7/c1-36-22-11-10-18(14-24(22)37-2)26(28(35)30-16-21-8-4-12-38-21)32(20-7-3-6-19(29)15-20)25(33)17-31-27(34)23-9-5-13-39-23/h3,5-7,9-11,13-15,21,26H,4,8,12,16-17H2,1-2H3,(H,30,35)(H,31,34). The summed E-state index contributed by atoms with van der Waals surface area (Å²) in [6.45, 7) is 0.520. The number of furan rings is 1. The van der Waals surface area contributed by atoms with Crippen LogP contribution < -0.4 is 25.0 Å². The van der Waals surface area contributed by atoms with Gasteiger partial charge in [0.2, 0.25) is 11.8 Å². The number of ether oxygens (including phenoxy) is 3. The van der Waals surface area contributed by atoms with Crippen molar-refractivity contribution in [3.63, 3.8) is 0 Å². The molecule has 2 heterocycles. The zero-order chi connectivity index (χ0) is 27.8. The van der Waals surface area contributed by atoms with E-state index in [4.69, 9.17) is 30.2 Å². The van der Waals surface area contributed by atoms with Crippen molar-refractivity contribution in [1.82, 2.24) is 10.6 Å². The van der Waals surface area contributed by atoms with E-state index >= 15 is 0 Å². The lowest BCUT2D eigenvalue weighted by Crippen LogP contribution is -2.48. The molecule has 2 N–H and O–H groups in total. The molecule has 0 radical (unpaired) electrons. The molecule has 3 amide bonds. The molecule has 3 aromatic rings. The summed E-state index contributed by atoms with van der Waals surface area (Å²) < 4.78 is 21.6. The number of methoxy groups -OCH3 is 2. The third-order valence-electron chi connectivity index (χ3n) is 6.26. The Bertz CT molecular complexity index is 1290. The SMILES string of the molecule is COc1ccc(C(C(=O)NCC2CCCO2)N(C(=O)CNC(=O)c2ccco2)c2cccc(Cl)c2)cc1OC. The van der Waals surface area contributed by atoms with E-state index in [9.17, 15) is 14.4 Å². The number of rotatable bonds is 11. The zero-order valence-electron chi connectivity index (χ0n) is 21.6. The molecular formula is C28H30ClN3O7. The molecule has 2 aromatic carbocycles. The number of nitrogens with zero attached hydrogens (tertiary/aromatic N) is 1. The number of carbonyl (C=O) groups is 3. The fraction of sp³-hybridized carbons (Fsp3) is 0.321. The van der Waals surface area contributed by atoms with Crippen LogP contribution in [0.25, 0.3) is 0 Å². The minimum Gasteiger partial charge on any atom is -0.493 e. The highest BCUT2D eigenvalue weighted by Gasteiger charge is 2.34. The van der Waals surface area contributed by atoms with Crippen molar-refractivity contribution in [3.05, 3.63) is 77.2 Å². The van der Waals surface area contributed by atoms with E-state index in [1.807, 2.05) is 0 Å². The van der Waals surface area contributed by atoms with E-state index < -0.39 is 30.3 Å². The molecule has 11 heteroatoms. The van der Waals surface area contributed by atoms with Crippen LogP contribution in [0.5, 0.6) is 11.5 Å². The van der Waals surface area contributed by atoms with Gasteiger partial charge < -0.3 is 29.3 Å². The molecule has 1 aliphatic rings. The van der Waals surface area contributed by atoms with Crippen LogP contribution in [-0.2, 0) is 14.3 Å². The molecule has 0 aliphatic carbocycles. The van der Waals surface area contributed by atoms with Gasteiger partial charge in [-0.25, -0.2) is 0 Å². The Morgan fingerprint density at radius 1 is 1.05 bits per heavy atom. The van der Waals surface area contributed by atoms with E-state index in [1.54, 1.807) is 48.5 Å².